The van der Waals surface area contributed by atoms with Gasteiger partial charge >= 0.3 is 5.97 Å². The standard InChI is InChI=1S/C13H18O4/c1-7(2)10-9(11(14)13(15)16)6-5-8(3)12(10)17-4/h5-7,11,14H,1-4H3,(H,15,16). The minimum atomic E-state index is -1.51. The SMILES string of the molecule is COc1c(C)ccc(C(O)C(=O)O)c1C(C)C. The molecule has 2 N–H and O–H groups in total. The van der Waals surface area contributed by atoms with Gasteiger partial charge < -0.3 is 14.9 Å². The zero-order valence-corrected chi connectivity index (χ0v) is 10.5. The van der Waals surface area contributed by atoms with Crippen LogP contribution in [-0.2, 0) is 4.79 Å². The number of aliphatic carboxylic acids is 1. The summed E-state index contributed by atoms with van der Waals surface area (Å²) in [4.78, 5) is 10.9. The molecule has 0 aromatic heterocycles. The largest absolute Gasteiger partial charge is 0.496 e. The molecule has 17 heavy (non-hydrogen) atoms. The Morgan fingerprint density at radius 1 is 1.35 bits per heavy atom. The molecule has 1 atom stereocenters. The Morgan fingerprint density at radius 3 is 2.35 bits per heavy atom. The number of hydrogen-bond acceptors (Lipinski definition) is 3. The molecule has 0 amide bonds. The van der Waals surface area contributed by atoms with Gasteiger partial charge in [-0.25, -0.2) is 4.79 Å². The molecule has 0 saturated heterocycles. The maximum absolute atomic E-state index is 10.9. The number of ether oxygens (including phenoxy) is 1. The topological polar surface area (TPSA) is 66.8 Å². The second kappa shape index (κ2) is 5.19. The van der Waals surface area contributed by atoms with Crippen molar-refractivity contribution >= 4 is 5.97 Å². The lowest BCUT2D eigenvalue weighted by molar-refractivity contribution is -0.147. The van der Waals surface area contributed by atoms with Crippen molar-refractivity contribution in [1.29, 1.82) is 0 Å². The molecular weight excluding hydrogens is 220 g/mol. The smallest absolute Gasteiger partial charge is 0.337 e. The summed E-state index contributed by atoms with van der Waals surface area (Å²) in [7, 11) is 1.55. The van der Waals surface area contributed by atoms with Crippen molar-refractivity contribution in [1.82, 2.24) is 0 Å². The molecule has 0 heterocycles. The Hall–Kier alpha value is -1.55. The summed E-state index contributed by atoms with van der Waals surface area (Å²) in [6.45, 7) is 5.77. The fraction of sp³-hybridized carbons (Fsp3) is 0.462. The Balaban J connectivity index is 3.45. The highest BCUT2D eigenvalue weighted by Crippen LogP contribution is 2.35. The van der Waals surface area contributed by atoms with Gasteiger partial charge in [-0.15, -0.1) is 0 Å². The van der Waals surface area contributed by atoms with E-state index in [-0.39, 0.29) is 5.92 Å². The summed E-state index contributed by atoms with van der Waals surface area (Å²) in [5.41, 5.74) is 2.08. The van der Waals surface area contributed by atoms with Crippen molar-refractivity contribution < 1.29 is 19.7 Å². The van der Waals surface area contributed by atoms with Crippen LogP contribution in [0.4, 0.5) is 0 Å². The highest BCUT2D eigenvalue weighted by molar-refractivity contribution is 5.75. The van der Waals surface area contributed by atoms with E-state index in [1.54, 1.807) is 19.2 Å². The predicted molar refractivity (Wildman–Crippen MR) is 64.4 cm³/mol. The normalized spacial score (nSPS) is 12.6. The summed E-state index contributed by atoms with van der Waals surface area (Å²) >= 11 is 0. The molecule has 0 spiro atoms. The second-order valence-electron chi connectivity index (χ2n) is 4.31. The molecule has 0 radical (unpaired) electrons. The molecule has 94 valence electrons. The molecule has 4 heteroatoms. The fourth-order valence-corrected chi connectivity index (χ4v) is 1.96. The van der Waals surface area contributed by atoms with Crippen molar-refractivity contribution in [2.24, 2.45) is 0 Å². The summed E-state index contributed by atoms with van der Waals surface area (Å²) in [6.07, 6.45) is -1.51. The van der Waals surface area contributed by atoms with E-state index in [2.05, 4.69) is 0 Å². The minimum absolute atomic E-state index is 0.0776. The number of aryl methyl sites for hydroxylation is 1. The van der Waals surface area contributed by atoms with Crippen molar-refractivity contribution in [3.8, 4) is 5.75 Å². The number of aliphatic hydroxyl groups excluding tert-OH is 1. The van der Waals surface area contributed by atoms with E-state index in [1.165, 1.54) is 0 Å². The van der Waals surface area contributed by atoms with E-state index in [4.69, 9.17) is 9.84 Å². The van der Waals surface area contributed by atoms with Crippen LogP contribution in [0.3, 0.4) is 0 Å². The monoisotopic (exact) mass is 238 g/mol. The summed E-state index contributed by atoms with van der Waals surface area (Å²) < 4.78 is 5.30. The Morgan fingerprint density at radius 2 is 1.94 bits per heavy atom. The van der Waals surface area contributed by atoms with Crippen molar-refractivity contribution in [3.05, 3.63) is 28.8 Å². The molecule has 1 aromatic carbocycles. The number of carboxylic acid groups (broad SMARTS) is 1. The van der Waals surface area contributed by atoms with Gasteiger partial charge in [0.25, 0.3) is 0 Å². The molecule has 0 aliphatic heterocycles. The third kappa shape index (κ3) is 2.58. The zero-order valence-electron chi connectivity index (χ0n) is 10.5. The number of hydrogen-bond donors (Lipinski definition) is 2. The third-order valence-corrected chi connectivity index (χ3v) is 2.74. The van der Waals surface area contributed by atoms with Crippen molar-refractivity contribution in [2.45, 2.75) is 32.8 Å². The highest BCUT2D eigenvalue weighted by Gasteiger charge is 2.24. The lowest BCUT2D eigenvalue weighted by Crippen LogP contribution is -2.14. The first-order valence-electron chi connectivity index (χ1n) is 5.48. The van der Waals surface area contributed by atoms with Gasteiger partial charge in [0.05, 0.1) is 7.11 Å². The van der Waals surface area contributed by atoms with Crippen LogP contribution >= 0.6 is 0 Å². The Kier molecular flexibility index (Phi) is 4.12. The molecular formula is C13H18O4. The number of benzene rings is 1. The van der Waals surface area contributed by atoms with E-state index in [9.17, 15) is 9.90 Å². The number of methoxy groups -OCH3 is 1. The van der Waals surface area contributed by atoms with Gasteiger partial charge in [0.15, 0.2) is 6.10 Å². The van der Waals surface area contributed by atoms with Crippen LogP contribution in [0.5, 0.6) is 5.75 Å². The molecule has 1 unspecified atom stereocenters. The number of carbonyl (C=O) groups is 1. The van der Waals surface area contributed by atoms with Crippen molar-refractivity contribution in [3.63, 3.8) is 0 Å². The average molecular weight is 238 g/mol. The highest BCUT2D eigenvalue weighted by atomic mass is 16.5. The number of aliphatic hydroxyl groups is 1. The summed E-state index contributed by atoms with van der Waals surface area (Å²) in [5.74, 6) is -0.524. The molecule has 0 aliphatic rings. The van der Waals surface area contributed by atoms with Gasteiger partial charge in [-0.1, -0.05) is 26.0 Å². The van der Waals surface area contributed by atoms with Gasteiger partial charge in [0, 0.05) is 5.56 Å². The second-order valence-corrected chi connectivity index (χ2v) is 4.31. The first-order valence-corrected chi connectivity index (χ1v) is 5.48. The fourth-order valence-electron chi connectivity index (χ4n) is 1.96. The zero-order chi connectivity index (χ0) is 13.2. The molecule has 0 bridgehead atoms. The van der Waals surface area contributed by atoms with Crippen LogP contribution in [0, 0.1) is 6.92 Å². The Bertz CT molecular complexity index is 424. The van der Waals surface area contributed by atoms with Gasteiger partial charge in [-0.2, -0.15) is 0 Å². The minimum Gasteiger partial charge on any atom is -0.496 e. The van der Waals surface area contributed by atoms with Crippen molar-refractivity contribution in [2.75, 3.05) is 7.11 Å². The van der Waals surface area contributed by atoms with Crippen LogP contribution in [0.1, 0.15) is 42.6 Å². The maximum atomic E-state index is 10.9. The molecule has 1 rings (SSSR count). The van der Waals surface area contributed by atoms with E-state index < -0.39 is 12.1 Å². The molecule has 0 aliphatic carbocycles. The summed E-state index contributed by atoms with van der Waals surface area (Å²) in [6, 6.07) is 3.40. The van der Waals surface area contributed by atoms with Crippen LogP contribution < -0.4 is 4.74 Å². The molecule has 0 fully saturated rings. The van der Waals surface area contributed by atoms with Gasteiger partial charge in [0.2, 0.25) is 0 Å². The quantitative estimate of drug-likeness (QED) is 0.844. The first kappa shape index (κ1) is 13.5. The number of rotatable bonds is 4. The summed E-state index contributed by atoms with van der Waals surface area (Å²) in [5, 5.41) is 18.6. The van der Waals surface area contributed by atoms with Gasteiger partial charge in [0.1, 0.15) is 5.75 Å². The maximum Gasteiger partial charge on any atom is 0.337 e. The molecule has 1 aromatic rings. The van der Waals surface area contributed by atoms with Crippen LogP contribution in [0.2, 0.25) is 0 Å². The number of carboxylic acids is 1. The van der Waals surface area contributed by atoms with E-state index in [0.717, 1.165) is 11.1 Å². The average Bonchev–Trinajstić information content (AvgIpc) is 2.27. The van der Waals surface area contributed by atoms with E-state index >= 15 is 0 Å². The van der Waals surface area contributed by atoms with E-state index in [1.807, 2.05) is 20.8 Å². The molecule has 4 nitrogen and oxygen atoms in total. The molecule has 0 saturated carbocycles. The van der Waals surface area contributed by atoms with E-state index in [0.29, 0.717) is 11.3 Å². The Labute approximate surface area is 101 Å². The van der Waals surface area contributed by atoms with Crippen LogP contribution in [-0.4, -0.2) is 23.3 Å². The lowest BCUT2D eigenvalue weighted by Gasteiger charge is -2.20. The third-order valence-electron chi connectivity index (χ3n) is 2.74. The van der Waals surface area contributed by atoms with Gasteiger partial charge in [-0.3, -0.25) is 0 Å². The van der Waals surface area contributed by atoms with Crippen LogP contribution in [0.25, 0.3) is 0 Å². The van der Waals surface area contributed by atoms with Gasteiger partial charge in [-0.05, 0) is 24.0 Å². The lowest BCUT2D eigenvalue weighted by atomic mass is 9.91. The first-order chi connectivity index (χ1) is 7.90. The predicted octanol–water partition coefficient (Wildman–Crippen LogP) is 2.25. The van der Waals surface area contributed by atoms with Crippen LogP contribution in [0.15, 0.2) is 12.1 Å².